The fourth-order valence-corrected chi connectivity index (χ4v) is 1.57. The molecule has 0 radical (unpaired) electrons. The third-order valence-electron chi connectivity index (χ3n) is 2.53. The van der Waals surface area contributed by atoms with Gasteiger partial charge in [0.05, 0.1) is 18.0 Å². The highest BCUT2D eigenvalue weighted by Gasteiger charge is 2.09. The number of aromatic nitrogens is 2. The number of amides is 1. The Morgan fingerprint density at radius 2 is 2.16 bits per heavy atom. The summed E-state index contributed by atoms with van der Waals surface area (Å²) < 4.78 is 1.76. The quantitative estimate of drug-likeness (QED) is 0.850. The van der Waals surface area contributed by atoms with Crippen LogP contribution < -0.4 is 11.1 Å². The Morgan fingerprint density at radius 1 is 1.42 bits per heavy atom. The number of anilines is 1. The molecule has 0 spiro atoms. The van der Waals surface area contributed by atoms with Crippen LogP contribution in [0.3, 0.4) is 0 Å². The van der Waals surface area contributed by atoms with Crippen molar-refractivity contribution in [2.24, 2.45) is 5.73 Å². The lowest BCUT2D eigenvalue weighted by molar-refractivity contribution is 0.102. The maximum absolute atomic E-state index is 11.9. The maximum atomic E-state index is 11.9. The van der Waals surface area contributed by atoms with Crippen LogP contribution in [0, 0.1) is 11.3 Å². The summed E-state index contributed by atoms with van der Waals surface area (Å²) in [5.74, 6) is -0.291. The second-order valence-electron chi connectivity index (χ2n) is 3.93. The fourth-order valence-electron chi connectivity index (χ4n) is 1.57. The van der Waals surface area contributed by atoms with Gasteiger partial charge in [-0.1, -0.05) is 0 Å². The third kappa shape index (κ3) is 3.18. The summed E-state index contributed by atoms with van der Waals surface area (Å²) in [5, 5.41) is 11.4. The first-order valence-electron chi connectivity index (χ1n) is 5.76. The van der Waals surface area contributed by atoms with Crippen molar-refractivity contribution in [3.8, 4) is 6.07 Å². The molecule has 1 aromatic carbocycles. The number of nitrogens with two attached hydrogens (primary N) is 1. The third-order valence-corrected chi connectivity index (χ3v) is 2.53. The lowest BCUT2D eigenvalue weighted by Crippen LogP contribution is -2.12. The van der Waals surface area contributed by atoms with E-state index < -0.39 is 0 Å². The molecule has 0 saturated carbocycles. The van der Waals surface area contributed by atoms with Gasteiger partial charge in [-0.15, -0.1) is 0 Å². The molecule has 1 heterocycles. The Kier molecular flexibility index (Phi) is 3.90. The van der Waals surface area contributed by atoms with Gasteiger partial charge >= 0.3 is 0 Å². The zero-order valence-electron chi connectivity index (χ0n) is 10.2. The molecule has 96 valence electrons. The van der Waals surface area contributed by atoms with Crippen molar-refractivity contribution in [3.63, 3.8) is 0 Å². The Morgan fingerprint density at radius 3 is 2.79 bits per heavy atom. The van der Waals surface area contributed by atoms with Crippen LogP contribution in [0.2, 0.25) is 0 Å². The van der Waals surface area contributed by atoms with Gasteiger partial charge in [0.25, 0.3) is 5.91 Å². The zero-order valence-corrected chi connectivity index (χ0v) is 10.2. The molecule has 0 atom stereocenters. The summed E-state index contributed by atoms with van der Waals surface area (Å²) in [7, 11) is 0. The molecule has 0 aliphatic heterocycles. The number of hydrogen-bond donors (Lipinski definition) is 2. The summed E-state index contributed by atoms with van der Waals surface area (Å²) in [4.78, 5) is 15.9. The minimum absolute atomic E-state index is 0.291. The highest BCUT2D eigenvalue weighted by atomic mass is 16.1. The predicted molar refractivity (Wildman–Crippen MR) is 70.4 cm³/mol. The van der Waals surface area contributed by atoms with Crippen LogP contribution in [0.4, 0.5) is 5.69 Å². The van der Waals surface area contributed by atoms with Crippen molar-refractivity contribution < 1.29 is 4.79 Å². The lowest BCUT2D eigenvalue weighted by Gasteiger charge is -2.02. The second kappa shape index (κ2) is 5.80. The van der Waals surface area contributed by atoms with E-state index in [0.29, 0.717) is 30.0 Å². The first kappa shape index (κ1) is 12.8. The fraction of sp³-hybridized carbons (Fsp3) is 0.154. The normalized spacial score (nSPS) is 9.89. The average molecular weight is 255 g/mol. The molecule has 6 nitrogen and oxygen atoms in total. The van der Waals surface area contributed by atoms with E-state index >= 15 is 0 Å². The SMILES string of the molecule is N#Cc1ccc(NC(=O)c2cn(CCN)cn2)cc1. The standard InChI is InChI=1S/C13H13N5O/c14-5-6-18-8-12(16-9-18)13(19)17-11-3-1-10(7-15)2-4-11/h1-4,8-9H,5-6,14H2,(H,17,19). The second-order valence-corrected chi connectivity index (χ2v) is 3.93. The molecule has 2 aromatic rings. The molecule has 1 aromatic heterocycles. The van der Waals surface area contributed by atoms with Gasteiger partial charge in [-0.05, 0) is 24.3 Å². The first-order valence-corrected chi connectivity index (χ1v) is 5.76. The minimum Gasteiger partial charge on any atom is -0.335 e. The van der Waals surface area contributed by atoms with Crippen LogP contribution in [0.25, 0.3) is 0 Å². The smallest absolute Gasteiger partial charge is 0.275 e. The first-order chi connectivity index (χ1) is 9.22. The number of hydrogen-bond acceptors (Lipinski definition) is 4. The van der Waals surface area contributed by atoms with E-state index in [0.717, 1.165) is 0 Å². The monoisotopic (exact) mass is 255 g/mol. The topological polar surface area (TPSA) is 96.7 Å². The van der Waals surface area contributed by atoms with E-state index in [-0.39, 0.29) is 5.91 Å². The van der Waals surface area contributed by atoms with E-state index in [9.17, 15) is 4.79 Å². The van der Waals surface area contributed by atoms with E-state index in [1.54, 1.807) is 41.4 Å². The van der Waals surface area contributed by atoms with Gasteiger partial charge in [0.2, 0.25) is 0 Å². The lowest BCUT2D eigenvalue weighted by atomic mass is 10.2. The van der Waals surface area contributed by atoms with Crippen LogP contribution in [0.1, 0.15) is 16.1 Å². The molecular formula is C13H13N5O. The summed E-state index contributed by atoms with van der Waals surface area (Å²) in [6, 6.07) is 8.65. The molecule has 0 fully saturated rings. The number of rotatable bonds is 4. The van der Waals surface area contributed by atoms with E-state index in [1.807, 2.05) is 6.07 Å². The Bertz CT molecular complexity index is 609. The van der Waals surface area contributed by atoms with E-state index in [4.69, 9.17) is 11.0 Å². The Balaban J connectivity index is 2.05. The van der Waals surface area contributed by atoms with Crippen molar-refractivity contribution in [1.82, 2.24) is 9.55 Å². The van der Waals surface area contributed by atoms with E-state index in [1.165, 1.54) is 0 Å². The van der Waals surface area contributed by atoms with Crippen molar-refractivity contribution in [2.45, 2.75) is 6.54 Å². The molecule has 2 rings (SSSR count). The number of nitrogens with zero attached hydrogens (tertiary/aromatic N) is 3. The number of carbonyl (C=O) groups is 1. The average Bonchev–Trinajstić information content (AvgIpc) is 2.89. The van der Waals surface area contributed by atoms with Crippen molar-refractivity contribution in [3.05, 3.63) is 48.0 Å². The van der Waals surface area contributed by atoms with Crippen LogP contribution in [0.15, 0.2) is 36.8 Å². The Hall–Kier alpha value is -2.65. The minimum atomic E-state index is -0.291. The molecule has 0 unspecified atom stereocenters. The van der Waals surface area contributed by atoms with Gasteiger partial charge in [-0.25, -0.2) is 4.98 Å². The highest BCUT2D eigenvalue weighted by molar-refractivity contribution is 6.02. The van der Waals surface area contributed by atoms with Crippen molar-refractivity contribution >= 4 is 11.6 Å². The predicted octanol–water partition coefficient (Wildman–Crippen LogP) is 0.966. The van der Waals surface area contributed by atoms with Gasteiger partial charge in [0.15, 0.2) is 0 Å². The number of carbonyl (C=O) groups excluding carboxylic acids is 1. The number of imidazole rings is 1. The van der Waals surface area contributed by atoms with Crippen LogP contribution in [-0.4, -0.2) is 22.0 Å². The molecule has 0 saturated heterocycles. The molecule has 19 heavy (non-hydrogen) atoms. The maximum Gasteiger partial charge on any atom is 0.275 e. The van der Waals surface area contributed by atoms with Crippen LogP contribution in [-0.2, 0) is 6.54 Å². The van der Waals surface area contributed by atoms with Gasteiger partial charge < -0.3 is 15.6 Å². The zero-order chi connectivity index (χ0) is 13.7. The van der Waals surface area contributed by atoms with Crippen molar-refractivity contribution in [1.29, 1.82) is 5.26 Å². The molecule has 3 N–H and O–H groups in total. The molecule has 0 bridgehead atoms. The van der Waals surface area contributed by atoms with Gasteiger partial charge in [0.1, 0.15) is 5.69 Å². The van der Waals surface area contributed by atoms with Gasteiger partial charge in [-0.3, -0.25) is 4.79 Å². The largest absolute Gasteiger partial charge is 0.335 e. The number of nitriles is 1. The summed E-state index contributed by atoms with van der Waals surface area (Å²) in [6.45, 7) is 1.12. The number of nitrogens with one attached hydrogen (secondary N) is 1. The summed E-state index contributed by atoms with van der Waals surface area (Å²) in [6.07, 6.45) is 3.21. The Labute approximate surface area is 110 Å². The van der Waals surface area contributed by atoms with Crippen LogP contribution >= 0.6 is 0 Å². The molecule has 6 heteroatoms. The van der Waals surface area contributed by atoms with Gasteiger partial charge in [-0.2, -0.15) is 5.26 Å². The van der Waals surface area contributed by atoms with Gasteiger partial charge in [0, 0.05) is 25.0 Å². The van der Waals surface area contributed by atoms with Crippen molar-refractivity contribution in [2.75, 3.05) is 11.9 Å². The molecule has 0 aliphatic rings. The molecule has 0 aliphatic carbocycles. The van der Waals surface area contributed by atoms with Crippen LogP contribution in [0.5, 0.6) is 0 Å². The number of benzene rings is 1. The van der Waals surface area contributed by atoms with E-state index in [2.05, 4.69) is 10.3 Å². The summed E-state index contributed by atoms with van der Waals surface area (Å²) in [5.41, 5.74) is 6.92. The molecule has 1 amide bonds. The molecular weight excluding hydrogens is 242 g/mol. The highest BCUT2D eigenvalue weighted by Crippen LogP contribution is 2.10. The summed E-state index contributed by atoms with van der Waals surface area (Å²) >= 11 is 0.